The normalized spacial score (nSPS) is 11.3. The number of nitrogens with one attached hydrogen (secondary N) is 1. The van der Waals surface area contributed by atoms with E-state index in [1.165, 1.54) is 44.8 Å². The lowest BCUT2D eigenvalue weighted by Crippen LogP contribution is -2.28. The second kappa shape index (κ2) is 10.5. The summed E-state index contributed by atoms with van der Waals surface area (Å²) < 4.78 is 41.9. The fourth-order valence-corrected chi connectivity index (χ4v) is 4.12. The van der Waals surface area contributed by atoms with Gasteiger partial charge in [0.25, 0.3) is 0 Å². The van der Waals surface area contributed by atoms with Crippen LogP contribution in [0.15, 0.2) is 41.3 Å². The molecule has 1 N–H and O–H groups in total. The predicted octanol–water partition coefficient (Wildman–Crippen LogP) is 3.41. The van der Waals surface area contributed by atoms with Crippen LogP contribution in [0.25, 0.3) is 0 Å². The number of amides is 1. The Kier molecular flexibility index (Phi) is 8.33. The molecule has 0 saturated carbocycles. The van der Waals surface area contributed by atoms with E-state index in [0.29, 0.717) is 34.4 Å². The summed E-state index contributed by atoms with van der Waals surface area (Å²) in [4.78, 5) is 12.5. The van der Waals surface area contributed by atoms with Crippen molar-refractivity contribution in [2.24, 2.45) is 0 Å². The van der Waals surface area contributed by atoms with Gasteiger partial charge in [-0.25, -0.2) is 12.7 Å². The van der Waals surface area contributed by atoms with Crippen LogP contribution in [0.3, 0.4) is 0 Å². The molecular weight excluding hydrogens is 432 g/mol. The Labute approximate surface area is 181 Å². The summed E-state index contributed by atoms with van der Waals surface area (Å²) in [7, 11) is 2.27. The Morgan fingerprint density at radius 2 is 1.67 bits per heavy atom. The summed E-state index contributed by atoms with van der Waals surface area (Å²) >= 11 is 6.06. The Balaban J connectivity index is 1.95. The van der Waals surface area contributed by atoms with Gasteiger partial charge in [0.15, 0.2) is 0 Å². The Morgan fingerprint density at radius 1 is 1.03 bits per heavy atom. The number of hydrogen-bond donors (Lipinski definition) is 1. The van der Waals surface area contributed by atoms with E-state index in [0.717, 1.165) is 0 Å². The lowest BCUT2D eigenvalue weighted by Gasteiger charge is -2.17. The van der Waals surface area contributed by atoms with Gasteiger partial charge in [0.2, 0.25) is 15.9 Å². The Bertz CT molecular complexity index is 980. The predicted molar refractivity (Wildman–Crippen MR) is 115 cm³/mol. The van der Waals surface area contributed by atoms with E-state index in [4.69, 9.17) is 25.8 Å². The molecule has 0 aliphatic heterocycles. The molecule has 1 amide bonds. The van der Waals surface area contributed by atoms with Gasteiger partial charge in [0.05, 0.1) is 36.9 Å². The van der Waals surface area contributed by atoms with Gasteiger partial charge in [-0.05, 0) is 30.7 Å². The summed E-state index contributed by atoms with van der Waals surface area (Å²) in [6, 6.07) is 9.25. The number of carbonyl (C=O) groups excluding carboxylic acids is 1. The average Bonchev–Trinajstić information content (AvgIpc) is 2.74. The molecule has 0 aliphatic rings. The van der Waals surface area contributed by atoms with Gasteiger partial charge >= 0.3 is 0 Å². The molecule has 0 fully saturated rings. The molecule has 164 valence electrons. The van der Waals surface area contributed by atoms with Gasteiger partial charge in [-0.1, -0.05) is 11.6 Å². The monoisotopic (exact) mass is 456 g/mol. The first-order chi connectivity index (χ1) is 14.2. The van der Waals surface area contributed by atoms with Gasteiger partial charge in [0.1, 0.15) is 17.2 Å². The zero-order valence-electron chi connectivity index (χ0n) is 17.3. The average molecular weight is 457 g/mol. The molecule has 2 rings (SSSR count). The third-order valence-corrected chi connectivity index (χ3v) is 6.56. The number of halogens is 1. The summed E-state index contributed by atoms with van der Waals surface area (Å²) in [5.41, 5.74) is 0.419. The fraction of sp³-hybridized carbons (Fsp3) is 0.350. The van der Waals surface area contributed by atoms with E-state index in [9.17, 15) is 13.2 Å². The van der Waals surface area contributed by atoms with Crippen LogP contribution in [0.4, 0.5) is 5.69 Å². The van der Waals surface area contributed by atoms with Crippen molar-refractivity contribution in [1.29, 1.82) is 0 Å². The highest BCUT2D eigenvalue weighted by Crippen LogP contribution is 2.35. The van der Waals surface area contributed by atoms with Crippen molar-refractivity contribution in [2.75, 3.05) is 40.2 Å². The van der Waals surface area contributed by atoms with Gasteiger partial charge < -0.3 is 19.5 Å². The SMILES string of the molecule is COc1ccc(S(=O)(=O)N(C)CCCC(=O)Nc2cc(OC)c(Cl)cc2OC)cc1. The van der Waals surface area contributed by atoms with Crippen molar-refractivity contribution in [3.63, 3.8) is 0 Å². The maximum atomic E-state index is 12.6. The number of nitrogens with zero attached hydrogens (tertiary/aromatic N) is 1. The minimum atomic E-state index is -3.65. The number of carbonyl (C=O) groups is 1. The smallest absolute Gasteiger partial charge is 0.242 e. The molecule has 0 bridgehead atoms. The lowest BCUT2D eigenvalue weighted by molar-refractivity contribution is -0.116. The number of methoxy groups -OCH3 is 3. The second-order valence-corrected chi connectivity index (χ2v) is 8.79. The van der Waals surface area contributed by atoms with Crippen LogP contribution in [-0.2, 0) is 14.8 Å². The molecule has 2 aromatic carbocycles. The van der Waals surface area contributed by atoms with Crippen LogP contribution in [0.2, 0.25) is 5.02 Å². The van der Waals surface area contributed by atoms with Crippen molar-refractivity contribution < 1.29 is 27.4 Å². The minimum absolute atomic E-state index is 0.122. The molecular formula is C20H25ClN2O6S. The molecule has 0 spiro atoms. The summed E-state index contributed by atoms with van der Waals surface area (Å²) in [5, 5.41) is 3.09. The highest BCUT2D eigenvalue weighted by atomic mass is 35.5. The zero-order valence-corrected chi connectivity index (χ0v) is 18.8. The van der Waals surface area contributed by atoms with E-state index < -0.39 is 10.0 Å². The molecule has 0 atom stereocenters. The van der Waals surface area contributed by atoms with Crippen LogP contribution in [0.1, 0.15) is 12.8 Å². The molecule has 0 saturated heterocycles. The number of rotatable bonds is 10. The molecule has 10 heteroatoms. The summed E-state index contributed by atoms with van der Waals surface area (Å²) in [6.45, 7) is 0.183. The summed E-state index contributed by atoms with van der Waals surface area (Å²) in [6.07, 6.45) is 0.460. The van der Waals surface area contributed by atoms with Crippen LogP contribution in [0, 0.1) is 0 Å². The fourth-order valence-electron chi connectivity index (χ4n) is 2.68. The van der Waals surface area contributed by atoms with E-state index in [1.54, 1.807) is 24.3 Å². The maximum Gasteiger partial charge on any atom is 0.242 e. The quantitative estimate of drug-likeness (QED) is 0.588. The zero-order chi connectivity index (χ0) is 22.3. The van der Waals surface area contributed by atoms with E-state index >= 15 is 0 Å². The standard InChI is InChI=1S/C20H25ClN2O6S/c1-23(30(25,26)15-9-7-14(27-2)8-10-15)11-5-6-20(24)22-17-13-18(28-3)16(21)12-19(17)29-4/h7-10,12-13H,5-6,11H2,1-4H3,(H,22,24). The van der Waals surface area contributed by atoms with E-state index in [1.807, 2.05) is 0 Å². The molecule has 0 heterocycles. The number of sulfonamides is 1. The first-order valence-electron chi connectivity index (χ1n) is 9.04. The topological polar surface area (TPSA) is 94.2 Å². The van der Waals surface area contributed by atoms with Crippen LogP contribution < -0.4 is 19.5 Å². The minimum Gasteiger partial charge on any atom is -0.497 e. The third-order valence-electron chi connectivity index (χ3n) is 4.39. The first kappa shape index (κ1) is 23.8. The van der Waals surface area contributed by atoms with E-state index in [-0.39, 0.29) is 23.8 Å². The van der Waals surface area contributed by atoms with Crippen LogP contribution in [0.5, 0.6) is 17.2 Å². The van der Waals surface area contributed by atoms with Gasteiger partial charge in [0, 0.05) is 32.1 Å². The van der Waals surface area contributed by atoms with Crippen molar-refractivity contribution in [2.45, 2.75) is 17.7 Å². The van der Waals surface area contributed by atoms with Crippen molar-refractivity contribution in [3.8, 4) is 17.2 Å². The number of anilines is 1. The number of benzene rings is 2. The second-order valence-electron chi connectivity index (χ2n) is 6.34. The van der Waals surface area contributed by atoms with Crippen molar-refractivity contribution in [1.82, 2.24) is 4.31 Å². The largest absolute Gasteiger partial charge is 0.497 e. The molecule has 30 heavy (non-hydrogen) atoms. The Hall–Kier alpha value is -2.49. The van der Waals surface area contributed by atoms with E-state index in [2.05, 4.69) is 5.32 Å². The van der Waals surface area contributed by atoms with Crippen molar-refractivity contribution in [3.05, 3.63) is 41.4 Å². The molecule has 0 aromatic heterocycles. The molecule has 2 aromatic rings. The molecule has 0 aliphatic carbocycles. The highest BCUT2D eigenvalue weighted by Gasteiger charge is 2.21. The maximum absolute atomic E-state index is 12.6. The summed E-state index contributed by atoms with van der Waals surface area (Å²) in [5.74, 6) is 1.09. The first-order valence-corrected chi connectivity index (χ1v) is 10.9. The van der Waals surface area contributed by atoms with Crippen LogP contribution >= 0.6 is 11.6 Å². The van der Waals surface area contributed by atoms with Gasteiger partial charge in [-0.2, -0.15) is 0 Å². The number of ether oxygens (including phenoxy) is 3. The highest BCUT2D eigenvalue weighted by molar-refractivity contribution is 7.89. The third kappa shape index (κ3) is 5.78. The lowest BCUT2D eigenvalue weighted by atomic mass is 10.2. The number of hydrogen-bond acceptors (Lipinski definition) is 6. The van der Waals surface area contributed by atoms with Gasteiger partial charge in [-0.15, -0.1) is 0 Å². The Morgan fingerprint density at radius 3 is 2.23 bits per heavy atom. The molecule has 8 nitrogen and oxygen atoms in total. The van der Waals surface area contributed by atoms with Crippen molar-refractivity contribution >= 4 is 33.2 Å². The van der Waals surface area contributed by atoms with Gasteiger partial charge in [-0.3, -0.25) is 4.79 Å². The molecule has 0 unspecified atom stereocenters. The van der Waals surface area contributed by atoms with Crippen LogP contribution in [-0.4, -0.2) is 53.6 Å². The molecule has 0 radical (unpaired) electrons.